The second-order valence-electron chi connectivity index (χ2n) is 7.44. The summed E-state index contributed by atoms with van der Waals surface area (Å²) >= 11 is 0. The molecule has 0 spiro atoms. The van der Waals surface area contributed by atoms with Crippen LogP contribution in [0.1, 0.15) is 32.4 Å². The molecule has 0 unspecified atom stereocenters. The molecular formula is C19H28N2O2. The summed E-state index contributed by atoms with van der Waals surface area (Å²) in [6.07, 6.45) is 6.16. The zero-order valence-electron chi connectivity index (χ0n) is 14.2. The third-order valence-corrected chi connectivity index (χ3v) is 5.57. The van der Waals surface area contributed by atoms with E-state index in [1.807, 2.05) is 18.2 Å². The highest BCUT2D eigenvalue weighted by Gasteiger charge is 2.50. The highest BCUT2D eigenvalue weighted by Crippen LogP contribution is 2.59. The molecule has 1 fully saturated rings. The van der Waals surface area contributed by atoms with Crippen LogP contribution in [0.3, 0.4) is 0 Å². The molecule has 3 atom stereocenters. The van der Waals surface area contributed by atoms with Gasteiger partial charge in [0.05, 0.1) is 25.0 Å². The average molecular weight is 316 g/mol. The van der Waals surface area contributed by atoms with Crippen LogP contribution in [-0.4, -0.2) is 36.0 Å². The van der Waals surface area contributed by atoms with Gasteiger partial charge in [-0.1, -0.05) is 26.0 Å². The molecule has 3 aliphatic carbocycles. The summed E-state index contributed by atoms with van der Waals surface area (Å²) in [5, 5.41) is 13.2. The Kier molecular flexibility index (Phi) is 5.14. The number of aromatic nitrogens is 1. The van der Waals surface area contributed by atoms with Crippen molar-refractivity contribution in [1.29, 1.82) is 0 Å². The van der Waals surface area contributed by atoms with Crippen molar-refractivity contribution < 1.29 is 9.84 Å². The number of allylic oxidation sites excluding steroid dienone is 1. The van der Waals surface area contributed by atoms with Crippen molar-refractivity contribution in [2.45, 2.75) is 39.3 Å². The largest absolute Gasteiger partial charge is 0.389 e. The SMILES string of the molecule is CC1(C)[C@@H]2CC=C(COC[C@@H](O)CNCc3ccccn3)[C@H]1C2. The summed E-state index contributed by atoms with van der Waals surface area (Å²) in [6.45, 7) is 6.97. The van der Waals surface area contributed by atoms with E-state index in [0.29, 0.717) is 37.6 Å². The normalized spacial score (nSPS) is 26.3. The number of hydrogen-bond donors (Lipinski definition) is 2. The first kappa shape index (κ1) is 16.6. The first-order valence-corrected chi connectivity index (χ1v) is 8.62. The molecule has 0 saturated heterocycles. The van der Waals surface area contributed by atoms with E-state index in [0.717, 1.165) is 11.6 Å². The van der Waals surface area contributed by atoms with Crippen LogP contribution >= 0.6 is 0 Å². The van der Waals surface area contributed by atoms with Crippen LogP contribution < -0.4 is 5.32 Å². The molecule has 4 heteroatoms. The standard InChI is InChI=1S/C19H28N2O2/c1-19(2)15-7-6-14(18(19)9-15)12-23-13-17(22)11-20-10-16-5-3-4-8-21-16/h3-6,8,15,17-18,20,22H,7,9-13H2,1-2H3/t15-,17+,18-/m1/s1. The number of ether oxygens (including phenoxy) is 1. The fourth-order valence-electron chi connectivity index (χ4n) is 3.88. The van der Waals surface area contributed by atoms with E-state index in [-0.39, 0.29) is 0 Å². The molecule has 23 heavy (non-hydrogen) atoms. The van der Waals surface area contributed by atoms with Crippen molar-refractivity contribution in [3.05, 3.63) is 41.7 Å². The van der Waals surface area contributed by atoms with Gasteiger partial charge in [-0.25, -0.2) is 0 Å². The maximum absolute atomic E-state index is 10.0. The van der Waals surface area contributed by atoms with Crippen LogP contribution in [0.2, 0.25) is 0 Å². The molecule has 126 valence electrons. The van der Waals surface area contributed by atoms with Crippen LogP contribution in [0.5, 0.6) is 0 Å². The topological polar surface area (TPSA) is 54.4 Å². The molecule has 0 aliphatic heterocycles. The van der Waals surface area contributed by atoms with Gasteiger partial charge in [-0.05, 0) is 47.8 Å². The Hall–Kier alpha value is -1.23. The van der Waals surface area contributed by atoms with Gasteiger partial charge in [0.15, 0.2) is 0 Å². The van der Waals surface area contributed by atoms with Crippen LogP contribution in [0.4, 0.5) is 0 Å². The summed E-state index contributed by atoms with van der Waals surface area (Å²) in [4.78, 5) is 4.24. The van der Waals surface area contributed by atoms with Gasteiger partial charge >= 0.3 is 0 Å². The first-order chi connectivity index (χ1) is 11.1. The first-order valence-electron chi connectivity index (χ1n) is 8.62. The van der Waals surface area contributed by atoms with E-state index in [2.05, 4.69) is 30.2 Å². The second-order valence-corrected chi connectivity index (χ2v) is 7.44. The number of hydrogen-bond acceptors (Lipinski definition) is 4. The second kappa shape index (κ2) is 7.12. The fraction of sp³-hybridized carbons (Fsp3) is 0.632. The van der Waals surface area contributed by atoms with E-state index in [4.69, 9.17) is 4.74 Å². The average Bonchev–Trinajstić information content (AvgIpc) is 2.56. The summed E-state index contributed by atoms with van der Waals surface area (Å²) in [5.41, 5.74) is 2.86. The molecular weight excluding hydrogens is 288 g/mol. The minimum Gasteiger partial charge on any atom is -0.389 e. The molecule has 3 aliphatic rings. The van der Waals surface area contributed by atoms with Crippen LogP contribution in [-0.2, 0) is 11.3 Å². The summed E-state index contributed by atoms with van der Waals surface area (Å²) in [6, 6.07) is 5.84. The Morgan fingerprint density at radius 2 is 2.30 bits per heavy atom. The number of pyridine rings is 1. The number of nitrogens with one attached hydrogen (secondary N) is 1. The quantitative estimate of drug-likeness (QED) is 0.724. The van der Waals surface area contributed by atoms with Gasteiger partial charge in [0, 0.05) is 19.3 Å². The van der Waals surface area contributed by atoms with Crippen molar-refractivity contribution >= 4 is 0 Å². The minimum atomic E-state index is -0.481. The molecule has 0 aromatic carbocycles. The van der Waals surface area contributed by atoms with Crippen LogP contribution in [0.15, 0.2) is 36.0 Å². The molecule has 1 heterocycles. The highest BCUT2D eigenvalue weighted by atomic mass is 16.5. The van der Waals surface area contributed by atoms with E-state index in [1.54, 1.807) is 6.20 Å². The number of aliphatic hydroxyl groups excluding tert-OH is 1. The predicted octanol–water partition coefficient (Wildman–Crippen LogP) is 2.54. The zero-order chi connectivity index (χ0) is 16.3. The molecule has 1 saturated carbocycles. The lowest BCUT2D eigenvalue weighted by Gasteiger charge is -2.56. The number of nitrogens with zero attached hydrogens (tertiary/aromatic N) is 1. The van der Waals surface area contributed by atoms with Gasteiger partial charge in [-0.15, -0.1) is 0 Å². The van der Waals surface area contributed by atoms with Crippen molar-refractivity contribution in [2.24, 2.45) is 17.3 Å². The Morgan fingerprint density at radius 1 is 1.43 bits per heavy atom. The van der Waals surface area contributed by atoms with Gasteiger partial charge in [-0.3, -0.25) is 4.98 Å². The zero-order valence-corrected chi connectivity index (χ0v) is 14.2. The van der Waals surface area contributed by atoms with Gasteiger partial charge in [-0.2, -0.15) is 0 Å². The molecule has 2 bridgehead atoms. The minimum absolute atomic E-state index is 0.378. The van der Waals surface area contributed by atoms with Gasteiger partial charge < -0.3 is 15.2 Å². The molecule has 2 N–H and O–H groups in total. The maximum Gasteiger partial charge on any atom is 0.0897 e. The van der Waals surface area contributed by atoms with E-state index < -0.39 is 6.10 Å². The Bertz CT molecular complexity index is 542. The molecule has 4 rings (SSSR count). The molecule has 0 radical (unpaired) electrons. The lowest BCUT2D eigenvalue weighted by Crippen LogP contribution is -2.48. The Morgan fingerprint density at radius 3 is 3.00 bits per heavy atom. The summed E-state index contributed by atoms with van der Waals surface area (Å²) in [5.74, 6) is 1.54. The molecule has 0 amide bonds. The van der Waals surface area contributed by atoms with Crippen molar-refractivity contribution in [3.8, 4) is 0 Å². The van der Waals surface area contributed by atoms with E-state index >= 15 is 0 Å². The lowest BCUT2D eigenvalue weighted by molar-refractivity contribution is -0.0235. The van der Waals surface area contributed by atoms with E-state index in [1.165, 1.54) is 18.4 Å². The number of rotatable bonds is 8. The van der Waals surface area contributed by atoms with Gasteiger partial charge in [0.2, 0.25) is 0 Å². The smallest absolute Gasteiger partial charge is 0.0897 e. The fourth-order valence-corrected chi connectivity index (χ4v) is 3.88. The van der Waals surface area contributed by atoms with Gasteiger partial charge in [0.1, 0.15) is 0 Å². The third kappa shape index (κ3) is 3.82. The third-order valence-electron chi connectivity index (χ3n) is 5.57. The predicted molar refractivity (Wildman–Crippen MR) is 90.8 cm³/mol. The summed E-state index contributed by atoms with van der Waals surface area (Å²) < 4.78 is 5.75. The van der Waals surface area contributed by atoms with Crippen molar-refractivity contribution in [2.75, 3.05) is 19.8 Å². The Balaban J connectivity index is 1.32. The molecule has 4 nitrogen and oxygen atoms in total. The molecule has 1 aromatic heterocycles. The lowest BCUT2D eigenvalue weighted by atomic mass is 9.49. The maximum atomic E-state index is 10.0. The van der Waals surface area contributed by atoms with Crippen LogP contribution in [0.25, 0.3) is 0 Å². The highest BCUT2D eigenvalue weighted by molar-refractivity contribution is 5.23. The summed E-state index contributed by atoms with van der Waals surface area (Å²) in [7, 11) is 0. The van der Waals surface area contributed by atoms with Crippen LogP contribution in [0, 0.1) is 17.3 Å². The van der Waals surface area contributed by atoms with Gasteiger partial charge in [0.25, 0.3) is 0 Å². The Labute approximate surface area is 139 Å². The molecule has 1 aromatic rings. The monoisotopic (exact) mass is 316 g/mol. The van der Waals surface area contributed by atoms with E-state index in [9.17, 15) is 5.11 Å². The number of aliphatic hydroxyl groups is 1. The van der Waals surface area contributed by atoms with Crippen molar-refractivity contribution in [1.82, 2.24) is 10.3 Å². The van der Waals surface area contributed by atoms with Crippen molar-refractivity contribution in [3.63, 3.8) is 0 Å². The number of fused-ring (bicyclic) bond motifs is 1.